The lowest BCUT2D eigenvalue weighted by Gasteiger charge is -2.19. The number of nitrogens with zero attached hydrogens (tertiary/aromatic N) is 1. The molecule has 2 N–H and O–H groups in total. The van der Waals surface area contributed by atoms with E-state index in [1.54, 1.807) is 4.90 Å². The first-order valence-electron chi connectivity index (χ1n) is 6.40. The largest absolute Gasteiger partial charge is 0.337 e. The molecule has 0 aromatic heterocycles. The molecule has 2 rings (SSSR count). The van der Waals surface area contributed by atoms with Crippen molar-refractivity contribution in [3.05, 3.63) is 34.6 Å². The predicted octanol–water partition coefficient (Wildman–Crippen LogP) is 2.53. The maximum Gasteiger partial charge on any atom is 0.255 e. The maximum absolute atomic E-state index is 13.0. The van der Waals surface area contributed by atoms with Gasteiger partial charge in [0.05, 0.1) is 10.6 Å². The van der Waals surface area contributed by atoms with Crippen LogP contribution in [0.4, 0.5) is 4.39 Å². The quantitative estimate of drug-likeness (QED) is 0.907. The molecule has 1 aromatic rings. The molecule has 1 aliphatic rings. The molecule has 0 saturated carbocycles. The van der Waals surface area contributed by atoms with Crippen molar-refractivity contribution < 1.29 is 9.18 Å². The summed E-state index contributed by atoms with van der Waals surface area (Å²) in [7, 11) is 0. The molecule has 1 amide bonds. The molecule has 2 atom stereocenters. The SMILES string of the molecule is CC(C)[C@@H]1CN(C(=O)c2ccc(F)cc2Cl)C[C@H]1N. The van der Waals surface area contributed by atoms with Crippen LogP contribution < -0.4 is 5.73 Å². The van der Waals surface area contributed by atoms with Crippen molar-refractivity contribution in [3.63, 3.8) is 0 Å². The third kappa shape index (κ3) is 2.90. The Morgan fingerprint density at radius 2 is 2.16 bits per heavy atom. The molecular weight excluding hydrogens is 267 g/mol. The van der Waals surface area contributed by atoms with Gasteiger partial charge in [0.25, 0.3) is 5.91 Å². The first-order chi connectivity index (χ1) is 8.90. The van der Waals surface area contributed by atoms with E-state index in [0.29, 0.717) is 30.5 Å². The summed E-state index contributed by atoms with van der Waals surface area (Å²) in [6.45, 7) is 5.35. The van der Waals surface area contributed by atoms with Crippen LogP contribution in [0.1, 0.15) is 24.2 Å². The van der Waals surface area contributed by atoms with E-state index in [1.165, 1.54) is 12.1 Å². The second kappa shape index (κ2) is 5.47. The molecule has 1 aromatic carbocycles. The number of likely N-dealkylation sites (tertiary alicyclic amines) is 1. The van der Waals surface area contributed by atoms with Gasteiger partial charge in [-0.3, -0.25) is 4.79 Å². The normalized spacial score (nSPS) is 23.2. The predicted molar refractivity (Wildman–Crippen MR) is 73.6 cm³/mol. The third-order valence-electron chi connectivity index (χ3n) is 3.72. The lowest BCUT2D eigenvalue weighted by atomic mass is 9.92. The molecule has 0 bridgehead atoms. The summed E-state index contributed by atoms with van der Waals surface area (Å²) >= 11 is 5.92. The minimum absolute atomic E-state index is 0.0110. The minimum Gasteiger partial charge on any atom is -0.337 e. The summed E-state index contributed by atoms with van der Waals surface area (Å²) in [5.74, 6) is 0.1000. The second-order valence-electron chi connectivity index (χ2n) is 5.41. The van der Waals surface area contributed by atoms with Crippen LogP contribution in [0.25, 0.3) is 0 Å². The molecule has 19 heavy (non-hydrogen) atoms. The molecule has 1 aliphatic heterocycles. The van der Waals surface area contributed by atoms with E-state index in [0.717, 1.165) is 6.07 Å². The van der Waals surface area contributed by atoms with E-state index in [4.69, 9.17) is 17.3 Å². The van der Waals surface area contributed by atoms with Crippen molar-refractivity contribution >= 4 is 17.5 Å². The summed E-state index contributed by atoms with van der Waals surface area (Å²) in [5, 5.41) is 0.145. The molecule has 0 unspecified atom stereocenters. The smallest absolute Gasteiger partial charge is 0.255 e. The van der Waals surface area contributed by atoms with Crippen molar-refractivity contribution in [1.82, 2.24) is 4.90 Å². The molecule has 0 aliphatic carbocycles. The Morgan fingerprint density at radius 1 is 1.47 bits per heavy atom. The van der Waals surface area contributed by atoms with E-state index in [9.17, 15) is 9.18 Å². The third-order valence-corrected chi connectivity index (χ3v) is 4.03. The van der Waals surface area contributed by atoms with Crippen LogP contribution in [0, 0.1) is 17.7 Å². The maximum atomic E-state index is 13.0. The molecule has 104 valence electrons. The number of rotatable bonds is 2. The number of hydrogen-bond acceptors (Lipinski definition) is 2. The highest BCUT2D eigenvalue weighted by molar-refractivity contribution is 6.33. The molecule has 0 radical (unpaired) electrons. The van der Waals surface area contributed by atoms with Gasteiger partial charge < -0.3 is 10.6 Å². The zero-order valence-corrected chi connectivity index (χ0v) is 11.8. The Labute approximate surface area is 117 Å². The summed E-state index contributed by atoms with van der Waals surface area (Å²) in [6, 6.07) is 3.82. The molecule has 1 saturated heterocycles. The van der Waals surface area contributed by atoms with Gasteiger partial charge in [-0.2, -0.15) is 0 Å². The van der Waals surface area contributed by atoms with E-state index >= 15 is 0 Å². The number of amides is 1. The number of halogens is 2. The summed E-state index contributed by atoms with van der Waals surface area (Å²) in [4.78, 5) is 14.1. The Morgan fingerprint density at radius 3 is 2.68 bits per heavy atom. The van der Waals surface area contributed by atoms with E-state index < -0.39 is 5.82 Å². The van der Waals surface area contributed by atoms with E-state index in [1.807, 2.05) is 0 Å². The first-order valence-corrected chi connectivity index (χ1v) is 6.78. The van der Waals surface area contributed by atoms with Crippen LogP contribution >= 0.6 is 11.6 Å². The second-order valence-corrected chi connectivity index (χ2v) is 5.81. The topological polar surface area (TPSA) is 46.3 Å². The van der Waals surface area contributed by atoms with Gasteiger partial charge in [0, 0.05) is 19.1 Å². The van der Waals surface area contributed by atoms with Crippen LogP contribution in [-0.4, -0.2) is 29.9 Å². The fourth-order valence-corrected chi connectivity index (χ4v) is 2.81. The van der Waals surface area contributed by atoms with Gasteiger partial charge in [0.1, 0.15) is 5.82 Å². The Balaban J connectivity index is 2.17. The molecule has 5 heteroatoms. The van der Waals surface area contributed by atoms with Gasteiger partial charge in [0.15, 0.2) is 0 Å². The van der Waals surface area contributed by atoms with Crippen molar-refractivity contribution in [3.8, 4) is 0 Å². The zero-order valence-electron chi connectivity index (χ0n) is 11.1. The first kappa shape index (κ1) is 14.3. The van der Waals surface area contributed by atoms with Crippen molar-refractivity contribution in [2.45, 2.75) is 19.9 Å². The molecular formula is C14H18ClFN2O. The van der Waals surface area contributed by atoms with Gasteiger partial charge in [-0.05, 0) is 30.0 Å². The van der Waals surface area contributed by atoms with Gasteiger partial charge in [-0.1, -0.05) is 25.4 Å². The number of nitrogens with two attached hydrogens (primary N) is 1. The average molecular weight is 285 g/mol. The monoisotopic (exact) mass is 284 g/mol. The standard InChI is InChI=1S/C14H18ClFN2O/c1-8(2)11-6-18(7-13(11)17)14(19)10-4-3-9(16)5-12(10)15/h3-5,8,11,13H,6-7,17H2,1-2H3/t11-,13+/m0/s1. The van der Waals surface area contributed by atoms with E-state index in [-0.39, 0.29) is 17.0 Å². The lowest BCUT2D eigenvalue weighted by molar-refractivity contribution is 0.0783. The van der Waals surface area contributed by atoms with Gasteiger partial charge in [-0.25, -0.2) is 4.39 Å². The van der Waals surface area contributed by atoms with Crippen LogP contribution in [0.5, 0.6) is 0 Å². The van der Waals surface area contributed by atoms with Gasteiger partial charge in [0.2, 0.25) is 0 Å². The summed E-state index contributed by atoms with van der Waals surface area (Å²) < 4.78 is 13.0. The number of carbonyl (C=O) groups is 1. The molecule has 1 fully saturated rings. The average Bonchev–Trinajstić information content (AvgIpc) is 2.70. The van der Waals surface area contributed by atoms with E-state index in [2.05, 4.69) is 13.8 Å². The summed E-state index contributed by atoms with van der Waals surface area (Å²) in [6.07, 6.45) is 0. The fraction of sp³-hybridized carbons (Fsp3) is 0.500. The highest BCUT2D eigenvalue weighted by atomic mass is 35.5. The van der Waals surface area contributed by atoms with Crippen LogP contribution in [-0.2, 0) is 0 Å². The van der Waals surface area contributed by atoms with Crippen LogP contribution in [0.2, 0.25) is 5.02 Å². The lowest BCUT2D eigenvalue weighted by Crippen LogP contribution is -2.33. The van der Waals surface area contributed by atoms with Crippen molar-refractivity contribution in [2.75, 3.05) is 13.1 Å². The fourth-order valence-electron chi connectivity index (χ4n) is 2.56. The number of benzene rings is 1. The van der Waals surface area contributed by atoms with Crippen LogP contribution in [0.15, 0.2) is 18.2 Å². The highest BCUT2D eigenvalue weighted by Crippen LogP contribution is 2.26. The zero-order chi connectivity index (χ0) is 14.2. The minimum atomic E-state index is -0.445. The molecule has 3 nitrogen and oxygen atoms in total. The van der Waals surface area contributed by atoms with Crippen molar-refractivity contribution in [1.29, 1.82) is 0 Å². The van der Waals surface area contributed by atoms with Crippen LogP contribution in [0.3, 0.4) is 0 Å². The Hall–Kier alpha value is -1.13. The number of carbonyl (C=O) groups excluding carboxylic acids is 1. The van der Waals surface area contributed by atoms with Crippen molar-refractivity contribution in [2.24, 2.45) is 17.6 Å². The number of hydrogen-bond donors (Lipinski definition) is 1. The Bertz CT molecular complexity index is 492. The van der Waals surface area contributed by atoms with Gasteiger partial charge in [-0.15, -0.1) is 0 Å². The Kier molecular flexibility index (Phi) is 4.11. The molecule has 1 heterocycles. The summed E-state index contributed by atoms with van der Waals surface area (Å²) in [5.41, 5.74) is 6.39. The van der Waals surface area contributed by atoms with Gasteiger partial charge >= 0.3 is 0 Å². The highest BCUT2D eigenvalue weighted by Gasteiger charge is 2.35. The molecule has 0 spiro atoms.